The summed E-state index contributed by atoms with van der Waals surface area (Å²) in [5.41, 5.74) is 5.14. The third-order valence-electron chi connectivity index (χ3n) is 3.34. The maximum Gasteiger partial charge on any atom is 0.120 e. The minimum Gasteiger partial charge on any atom is -0.489 e. The van der Waals surface area contributed by atoms with Gasteiger partial charge in [0.1, 0.15) is 12.4 Å². The summed E-state index contributed by atoms with van der Waals surface area (Å²) in [5.74, 6) is 0.971. The monoisotopic (exact) mass is 239 g/mol. The number of fused-ring (bicyclic) bond motifs is 1. The van der Waals surface area contributed by atoms with E-state index in [9.17, 15) is 0 Å². The molecule has 0 bridgehead atoms. The van der Waals surface area contributed by atoms with Crippen LogP contribution >= 0.6 is 0 Å². The lowest BCUT2D eigenvalue weighted by Gasteiger charge is -2.10. The molecule has 0 unspecified atom stereocenters. The van der Waals surface area contributed by atoms with Gasteiger partial charge in [-0.15, -0.1) is 0 Å². The molecule has 0 amide bonds. The van der Waals surface area contributed by atoms with Gasteiger partial charge in [-0.3, -0.25) is 0 Å². The molecule has 1 aliphatic rings. The first-order chi connectivity index (χ1) is 8.83. The van der Waals surface area contributed by atoms with E-state index in [1.54, 1.807) is 0 Å². The second-order valence-electron chi connectivity index (χ2n) is 4.73. The molecule has 0 saturated carbocycles. The van der Waals surface area contributed by atoms with Crippen molar-refractivity contribution >= 4 is 5.69 Å². The zero-order valence-electron chi connectivity index (χ0n) is 10.6. The molecule has 0 saturated heterocycles. The van der Waals surface area contributed by atoms with Crippen molar-refractivity contribution in [1.29, 1.82) is 0 Å². The van der Waals surface area contributed by atoms with Crippen molar-refractivity contribution in [3.63, 3.8) is 0 Å². The van der Waals surface area contributed by atoms with Gasteiger partial charge < -0.3 is 10.1 Å². The van der Waals surface area contributed by atoms with Gasteiger partial charge in [0.15, 0.2) is 0 Å². The fraction of sp³-hybridized carbons (Fsp3) is 0.250. The summed E-state index contributed by atoms with van der Waals surface area (Å²) in [4.78, 5) is 0. The van der Waals surface area contributed by atoms with Gasteiger partial charge in [-0.1, -0.05) is 30.3 Å². The zero-order chi connectivity index (χ0) is 12.4. The molecular weight excluding hydrogens is 222 g/mol. The number of hydrogen-bond acceptors (Lipinski definition) is 2. The van der Waals surface area contributed by atoms with E-state index in [-0.39, 0.29) is 0 Å². The van der Waals surface area contributed by atoms with E-state index in [0.717, 1.165) is 18.7 Å². The molecule has 0 aliphatic carbocycles. The summed E-state index contributed by atoms with van der Waals surface area (Å²) in [6.45, 7) is 3.80. The van der Waals surface area contributed by atoms with Crippen LogP contribution in [0.15, 0.2) is 42.5 Å². The minimum atomic E-state index is 0.631. The van der Waals surface area contributed by atoms with Crippen molar-refractivity contribution in [3.8, 4) is 5.75 Å². The first-order valence-corrected chi connectivity index (χ1v) is 6.37. The van der Waals surface area contributed by atoms with E-state index in [0.29, 0.717) is 6.61 Å². The molecule has 92 valence electrons. The third-order valence-corrected chi connectivity index (χ3v) is 3.34. The van der Waals surface area contributed by atoms with Crippen LogP contribution in [0, 0.1) is 6.92 Å². The highest BCUT2D eigenvalue weighted by molar-refractivity contribution is 5.63. The molecule has 0 atom stereocenters. The summed E-state index contributed by atoms with van der Waals surface area (Å²) >= 11 is 0. The van der Waals surface area contributed by atoms with Gasteiger partial charge in [-0.05, 0) is 42.2 Å². The van der Waals surface area contributed by atoms with Crippen LogP contribution < -0.4 is 10.1 Å². The van der Waals surface area contributed by atoms with E-state index in [4.69, 9.17) is 4.74 Å². The van der Waals surface area contributed by atoms with Crippen molar-refractivity contribution in [3.05, 3.63) is 59.2 Å². The van der Waals surface area contributed by atoms with Crippen molar-refractivity contribution < 1.29 is 4.74 Å². The number of anilines is 1. The standard InChI is InChI=1S/C16H17NO/c1-12-9-15(10-14-7-8-17-16(12)14)18-11-13-5-3-2-4-6-13/h2-6,9-10,17H,7-8,11H2,1H3. The van der Waals surface area contributed by atoms with Crippen LogP contribution in [-0.4, -0.2) is 6.54 Å². The number of benzene rings is 2. The Morgan fingerprint density at radius 1 is 1.17 bits per heavy atom. The van der Waals surface area contributed by atoms with E-state index < -0.39 is 0 Å². The van der Waals surface area contributed by atoms with Crippen LogP contribution in [0.2, 0.25) is 0 Å². The summed E-state index contributed by atoms with van der Waals surface area (Å²) in [7, 11) is 0. The van der Waals surface area contributed by atoms with Gasteiger partial charge in [0, 0.05) is 12.2 Å². The fourth-order valence-corrected chi connectivity index (χ4v) is 2.42. The Morgan fingerprint density at radius 3 is 2.83 bits per heavy atom. The summed E-state index contributed by atoms with van der Waals surface area (Å²) < 4.78 is 5.87. The Hall–Kier alpha value is -1.96. The van der Waals surface area contributed by atoms with Gasteiger partial charge in [0.25, 0.3) is 0 Å². The number of aryl methyl sites for hydroxylation is 1. The van der Waals surface area contributed by atoms with Crippen LogP contribution in [0.5, 0.6) is 5.75 Å². The van der Waals surface area contributed by atoms with E-state index in [1.165, 1.54) is 22.4 Å². The Kier molecular flexibility index (Phi) is 2.93. The van der Waals surface area contributed by atoms with Crippen molar-refractivity contribution in [2.45, 2.75) is 20.0 Å². The van der Waals surface area contributed by atoms with Crippen LogP contribution in [0.1, 0.15) is 16.7 Å². The minimum absolute atomic E-state index is 0.631. The Bertz CT molecular complexity index is 549. The van der Waals surface area contributed by atoms with Crippen LogP contribution in [0.3, 0.4) is 0 Å². The van der Waals surface area contributed by atoms with Crippen LogP contribution in [0.25, 0.3) is 0 Å². The topological polar surface area (TPSA) is 21.3 Å². The molecule has 3 rings (SSSR count). The average Bonchev–Trinajstić information content (AvgIpc) is 2.86. The van der Waals surface area contributed by atoms with Crippen LogP contribution in [0.4, 0.5) is 5.69 Å². The first kappa shape index (κ1) is 11.1. The molecular formula is C16H17NO. The Morgan fingerprint density at radius 2 is 2.00 bits per heavy atom. The lowest BCUT2D eigenvalue weighted by molar-refractivity contribution is 0.306. The highest BCUT2D eigenvalue weighted by atomic mass is 16.5. The predicted molar refractivity (Wildman–Crippen MR) is 74.1 cm³/mol. The summed E-state index contributed by atoms with van der Waals surface area (Å²) in [6.07, 6.45) is 1.10. The molecule has 0 radical (unpaired) electrons. The zero-order valence-corrected chi connectivity index (χ0v) is 10.6. The van der Waals surface area contributed by atoms with Crippen LogP contribution in [-0.2, 0) is 13.0 Å². The third kappa shape index (κ3) is 2.19. The van der Waals surface area contributed by atoms with Gasteiger partial charge in [0.05, 0.1) is 0 Å². The van der Waals surface area contributed by atoms with E-state index in [2.05, 4.69) is 36.5 Å². The van der Waals surface area contributed by atoms with Crippen molar-refractivity contribution in [1.82, 2.24) is 0 Å². The molecule has 1 N–H and O–H groups in total. The number of rotatable bonds is 3. The van der Waals surface area contributed by atoms with Crippen molar-refractivity contribution in [2.24, 2.45) is 0 Å². The Balaban J connectivity index is 1.76. The van der Waals surface area contributed by atoms with Gasteiger partial charge in [-0.25, -0.2) is 0 Å². The first-order valence-electron chi connectivity index (χ1n) is 6.37. The molecule has 0 fully saturated rings. The molecule has 2 aromatic carbocycles. The van der Waals surface area contributed by atoms with Gasteiger partial charge in [0.2, 0.25) is 0 Å². The molecule has 2 aromatic rings. The average molecular weight is 239 g/mol. The lowest BCUT2D eigenvalue weighted by Crippen LogP contribution is -1.97. The molecule has 18 heavy (non-hydrogen) atoms. The SMILES string of the molecule is Cc1cc(OCc2ccccc2)cc2c1NCC2. The maximum absolute atomic E-state index is 5.87. The van der Waals surface area contributed by atoms with Gasteiger partial charge in [-0.2, -0.15) is 0 Å². The highest BCUT2D eigenvalue weighted by Crippen LogP contribution is 2.31. The molecule has 0 spiro atoms. The number of ether oxygens (including phenoxy) is 1. The van der Waals surface area contributed by atoms with E-state index in [1.807, 2.05) is 18.2 Å². The van der Waals surface area contributed by atoms with Crippen molar-refractivity contribution in [2.75, 3.05) is 11.9 Å². The summed E-state index contributed by atoms with van der Waals surface area (Å²) in [6, 6.07) is 14.5. The normalized spacial score (nSPS) is 12.9. The lowest BCUT2D eigenvalue weighted by atomic mass is 10.1. The second-order valence-corrected chi connectivity index (χ2v) is 4.73. The fourth-order valence-electron chi connectivity index (χ4n) is 2.42. The molecule has 1 aliphatic heterocycles. The van der Waals surface area contributed by atoms with E-state index >= 15 is 0 Å². The Labute approximate surface area is 108 Å². The molecule has 2 heteroatoms. The highest BCUT2D eigenvalue weighted by Gasteiger charge is 2.13. The summed E-state index contributed by atoms with van der Waals surface area (Å²) in [5, 5.41) is 3.41. The largest absolute Gasteiger partial charge is 0.489 e. The number of hydrogen-bond donors (Lipinski definition) is 1. The smallest absolute Gasteiger partial charge is 0.120 e. The maximum atomic E-state index is 5.87. The molecule has 1 heterocycles. The predicted octanol–water partition coefficient (Wildman–Crippen LogP) is 3.54. The molecule has 0 aromatic heterocycles. The quantitative estimate of drug-likeness (QED) is 0.884. The molecule has 2 nitrogen and oxygen atoms in total. The number of nitrogens with one attached hydrogen (secondary N) is 1. The second kappa shape index (κ2) is 4.73. The van der Waals surface area contributed by atoms with Gasteiger partial charge >= 0.3 is 0 Å².